The van der Waals surface area contributed by atoms with E-state index >= 15 is 0 Å². The highest BCUT2D eigenvalue weighted by Gasteiger charge is 2.36. The fourth-order valence-corrected chi connectivity index (χ4v) is 2.03. The van der Waals surface area contributed by atoms with Gasteiger partial charge in [0.15, 0.2) is 0 Å². The zero-order valence-corrected chi connectivity index (χ0v) is 7.55. The Morgan fingerprint density at radius 2 is 2.00 bits per heavy atom. The smallest absolute Gasteiger partial charge is 0.125 e. The van der Waals surface area contributed by atoms with E-state index in [1.807, 2.05) is 6.92 Å². The molecule has 70 valence electrons. The van der Waals surface area contributed by atoms with E-state index in [2.05, 4.69) is 5.18 Å². The molecule has 0 N–H and O–H groups in total. The number of hydrogen-bond acceptors (Lipinski definition) is 2. The molecular formula is C9H16FNO. The molecular weight excluding hydrogens is 157 g/mol. The molecule has 1 fully saturated rings. The van der Waals surface area contributed by atoms with Crippen molar-refractivity contribution in [2.24, 2.45) is 10.6 Å². The number of nitrogens with zero attached hydrogens (tertiary/aromatic N) is 1. The maximum atomic E-state index is 12.4. The van der Waals surface area contributed by atoms with Gasteiger partial charge in [0.25, 0.3) is 0 Å². The van der Waals surface area contributed by atoms with Gasteiger partial charge in [-0.25, -0.2) is 4.39 Å². The molecule has 0 spiro atoms. The molecule has 0 aromatic carbocycles. The summed E-state index contributed by atoms with van der Waals surface area (Å²) < 4.78 is 12.4. The van der Waals surface area contributed by atoms with E-state index in [1.165, 1.54) is 6.42 Å². The van der Waals surface area contributed by atoms with Gasteiger partial charge in [0.1, 0.15) is 12.7 Å². The molecule has 1 saturated carbocycles. The average molecular weight is 173 g/mol. The van der Waals surface area contributed by atoms with Crippen molar-refractivity contribution in [2.75, 3.05) is 6.67 Å². The van der Waals surface area contributed by atoms with Crippen LogP contribution in [-0.2, 0) is 0 Å². The summed E-state index contributed by atoms with van der Waals surface area (Å²) in [6.07, 6.45) is 5.35. The highest BCUT2D eigenvalue weighted by molar-refractivity contribution is 4.89. The highest BCUT2D eigenvalue weighted by Crippen LogP contribution is 2.40. The molecule has 0 saturated heterocycles. The van der Waals surface area contributed by atoms with Crippen LogP contribution < -0.4 is 0 Å². The van der Waals surface area contributed by atoms with Crippen LogP contribution in [0.5, 0.6) is 0 Å². The molecule has 1 rings (SSSR count). The van der Waals surface area contributed by atoms with Crippen LogP contribution in [0.2, 0.25) is 0 Å². The maximum absolute atomic E-state index is 12.4. The van der Waals surface area contributed by atoms with Gasteiger partial charge in [-0.1, -0.05) is 31.4 Å². The van der Waals surface area contributed by atoms with Gasteiger partial charge in [-0.2, -0.15) is 4.91 Å². The van der Waals surface area contributed by atoms with E-state index < -0.39 is 12.7 Å². The molecule has 0 radical (unpaired) electrons. The summed E-state index contributed by atoms with van der Waals surface area (Å²) in [4.78, 5) is 10.4. The number of halogens is 1. The third-order valence-corrected chi connectivity index (χ3v) is 3.07. The molecule has 0 heterocycles. The molecule has 12 heavy (non-hydrogen) atoms. The standard InChI is InChI=1S/C9H16FNO/c1-9(8(7-10)11-12)5-3-2-4-6-9/h8H,2-7H2,1H3. The quantitative estimate of drug-likeness (QED) is 0.603. The normalized spacial score (nSPS) is 24.8. The zero-order chi connectivity index (χ0) is 9.03. The van der Waals surface area contributed by atoms with Crippen molar-refractivity contribution in [3.8, 4) is 0 Å². The van der Waals surface area contributed by atoms with Crippen molar-refractivity contribution < 1.29 is 4.39 Å². The average Bonchev–Trinajstić information content (AvgIpc) is 2.07. The van der Waals surface area contributed by atoms with E-state index in [0.717, 1.165) is 25.7 Å². The minimum absolute atomic E-state index is 0.158. The van der Waals surface area contributed by atoms with Gasteiger partial charge >= 0.3 is 0 Å². The number of nitroso groups, excluding NO2 is 1. The highest BCUT2D eigenvalue weighted by atomic mass is 19.1. The Kier molecular flexibility index (Phi) is 3.18. The molecule has 2 nitrogen and oxygen atoms in total. The van der Waals surface area contributed by atoms with Crippen LogP contribution in [-0.4, -0.2) is 12.7 Å². The molecule has 3 heteroatoms. The van der Waals surface area contributed by atoms with Crippen LogP contribution in [0.1, 0.15) is 39.0 Å². The largest absolute Gasteiger partial charge is 0.249 e. The molecule has 1 atom stereocenters. The summed E-state index contributed by atoms with van der Waals surface area (Å²) in [5, 5.41) is 2.88. The van der Waals surface area contributed by atoms with Gasteiger partial charge in [-0.3, -0.25) is 0 Å². The summed E-state index contributed by atoms with van der Waals surface area (Å²) >= 11 is 0. The summed E-state index contributed by atoms with van der Waals surface area (Å²) in [6, 6.07) is -0.613. The molecule has 1 unspecified atom stereocenters. The van der Waals surface area contributed by atoms with Crippen molar-refractivity contribution in [1.82, 2.24) is 0 Å². The third-order valence-electron chi connectivity index (χ3n) is 3.07. The van der Waals surface area contributed by atoms with Gasteiger partial charge in [-0.05, 0) is 18.3 Å². The summed E-state index contributed by atoms with van der Waals surface area (Å²) in [5.41, 5.74) is -0.158. The SMILES string of the molecule is CC1(C(CF)N=O)CCCCC1. The van der Waals surface area contributed by atoms with E-state index in [9.17, 15) is 9.30 Å². The van der Waals surface area contributed by atoms with Gasteiger partial charge < -0.3 is 0 Å². The fraction of sp³-hybridized carbons (Fsp3) is 1.00. The minimum atomic E-state index is -0.613. The van der Waals surface area contributed by atoms with Gasteiger partial charge in [-0.15, -0.1) is 0 Å². The van der Waals surface area contributed by atoms with E-state index in [4.69, 9.17) is 0 Å². The Bertz CT molecular complexity index is 155. The molecule has 0 bridgehead atoms. The van der Waals surface area contributed by atoms with Crippen LogP contribution >= 0.6 is 0 Å². The van der Waals surface area contributed by atoms with Crippen LogP contribution in [0.3, 0.4) is 0 Å². The van der Waals surface area contributed by atoms with Crippen molar-refractivity contribution in [3.63, 3.8) is 0 Å². The lowest BCUT2D eigenvalue weighted by Gasteiger charge is -2.35. The lowest BCUT2D eigenvalue weighted by atomic mass is 9.71. The Balaban J connectivity index is 2.59. The Hall–Kier alpha value is -0.470. The first-order valence-corrected chi connectivity index (χ1v) is 4.61. The summed E-state index contributed by atoms with van der Waals surface area (Å²) in [6.45, 7) is 1.39. The minimum Gasteiger partial charge on any atom is -0.249 e. The molecule has 1 aliphatic rings. The van der Waals surface area contributed by atoms with Crippen LogP contribution in [0, 0.1) is 10.3 Å². The third kappa shape index (κ3) is 1.82. The topological polar surface area (TPSA) is 29.4 Å². The number of hydrogen-bond donors (Lipinski definition) is 0. The molecule has 0 aliphatic heterocycles. The second-order valence-electron chi connectivity index (χ2n) is 3.99. The van der Waals surface area contributed by atoms with Crippen molar-refractivity contribution >= 4 is 0 Å². The van der Waals surface area contributed by atoms with Crippen LogP contribution in [0.15, 0.2) is 5.18 Å². The Morgan fingerprint density at radius 1 is 1.42 bits per heavy atom. The first-order valence-electron chi connectivity index (χ1n) is 4.61. The first kappa shape index (κ1) is 9.62. The predicted molar refractivity (Wildman–Crippen MR) is 46.8 cm³/mol. The second kappa shape index (κ2) is 3.97. The lowest BCUT2D eigenvalue weighted by molar-refractivity contribution is 0.149. The van der Waals surface area contributed by atoms with Gasteiger partial charge in [0, 0.05) is 0 Å². The predicted octanol–water partition coefficient (Wildman–Crippen LogP) is 3.06. The first-order chi connectivity index (χ1) is 5.73. The monoisotopic (exact) mass is 173 g/mol. The maximum Gasteiger partial charge on any atom is 0.125 e. The van der Waals surface area contributed by atoms with E-state index in [1.54, 1.807) is 0 Å². The van der Waals surface area contributed by atoms with Gasteiger partial charge in [0.2, 0.25) is 0 Å². The van der Waals surface area contributed by atoms with E-state index in [0.29, 0.717) is 0 Å². The van der Waals surface area contributed by atoms with Crippen molar-refractivity contribution in [3.05, 3.63) is 4.91 Å². The fourth-order valence-electron chi connectivity index (χ4n) is 2.03. The van der Waals surface area contributed by atoms with Crippen LogP contribution in [0.25, 0.3) is 0 Å². The lowest BCUT2D eigenvalue weighted by Crippen LogP contribution is -2.34. The number of rotatable bonds is 3. The van der Waals surface area contributed by atoms with Crippen molar-refractivity contribution in [2.45, 2.75) is 45.1 Å². The van der Waals surface area contributed by atoms with Crippen LogP contribution in [0.4, 0.5) is 4.39 Å². The molecule has 1 aliphatic carbocycles. The van der Waals surface area contributed by atoms with Crippen molar-refractivity contribution in [1.29, 1.82) is 0 Å². The Labute approximate surface area is 72.5 Å². The molecule has 0 aromatic heterocycles. The Morgan fingerprint density at radius 3 is 2.42 bits per heavy atom. The van der Waals surface area contributed by atoms with Gasteiger partial charge in [0.05, 0.1) is 0 Å². The summed E-state index contributed by atoms with van der Waals surface area (Å²) in [7, 11) is 0. The second-order valence-corrected chi connectivity index (χ2v) is 3.99. The summed E-state index contributed by atoms with van der Waals surface area (Å²) in [5.74, 6) is 0. The number of alkyl halides is 1. The molecule has 0 amide bonds. The molecule has 0 aromatic rings. The zero-order valence-electron chi connectivity index (χ0n) is 7.55. The van der Waals surface area contributed by atoms with E-state index in [-0.39, 0.29) is 5.41 Å².